The van der Waals surface area contributed by atoms with Crippen LogP contribution in [-0.4, -0.2) is 38.1 Å². The molecule has 0 bridgehead atoms. The second kappa shape index (κ2) is 7.66. The number of nitro groups is 1. The summed E-state index contributed by atoms with van der Waals surface area (Å²) < 4.78 is 15.5. The van der Waals surface area contributed by atoms with Crippen LogP contribution in [0, 0.1) is 10.1 Å². The molecule has 0 aliphatic carbocycles. The largest absolute Gasteiger partial charge is 0.494 e. The summed E-state index contributed by atoms with van der Waals surface area (Å²) in [4.78, 5) is 10.7. The molecule has 0 radical (unpaired) electrons. The molecule has 0 fully saturated rings. The van der Waals surface area contributed by atoms with Crippen LogP contribution in [0.15, 0.2) is 18.2 Å². The Morgan fingerprint density at radius 1 is 1.35 bits per heavy atom. The van der Waals surface area contributed by atoms with E-state index in [1.54, 1.807) is 12.1 Å². The van der Waals surface area contributed by atoms with Crippen molar-refractivity contribution in [2.45, 2.75) is 26.2 Å². The van der Waals surface area contributed by atoms with Crippen LogP contribution in [0.2, 0.25) is 0 Å². The fourth-order valence-corrected chi connectivity index (χ4v) is 1.86. The minimum atomic E-state index is -0.499. The van der Waals surface area contributed by atoms with E-state index in [-0.39, 0.29) is 11.7 Å². The standard InChI is InChI=1S/C13H20N2O5/c1-5-20-10-6-7-11(12(8-10)15(16)17)14-9(2)13(18-3)19-4/h6-9,13-14H,5H2,1-4H3. The molecule has 7 heteroatoms. The summed E-state index contributed by atoms with van der Waals surface area (Å²) in [6.45, 7) is 4.09. The molecule has 1 unspecified atom stereocenters. The molecule has 1 aromatic carbocycles. The highest BCUT2D eigenvalue weighted by Gasteiger charge is 2.21. The number of rotatable bonds is 8. The predicted molar refractivity (Wildman–Crippen MR) is 75.2 cm³/mol. The molecule has 0 spiro atoms. The van der Waals surface area contributed by atoms with Gasteiger partial charge in [-0.3, -0.25) is 10.1 Å². The Hall–Kier alpha value is -1.86. The second-order valence-electron chi connectivity index (χ2n) is 4.14. The van der Waals surface area contributed by atoms with Gasteiger partial charge in [-0.05, 0) is 26.0 Å². The molecule has 112 valence electrons. The maximum Gasteiger partial charge on any atom is 0.296 e. The number of anilines is 1. The second-order valence-corrected chi connectivity index (χ2v) is 4.14. The van der Waals surface area contributed by atoms with Gasteiger partial charge in [-0.1, -0.05) is 0 Å². The van der Waals surface area contributed by atoms with E-state index in [4.69, 9.17) is 14.2 Å². The summed E-state index contributed by atoms with van der Waals surface area (Å²) in [6.07, 6.45) is -0.499. The zero-order valence-corrected chi connectivity index (χ0v) is 12.1. The summed E-state index contributed by atoms with van der Waals surface area (Å²) >= 11 is 0. The third-order valence-electron chi connectivity index (χ3n) is 2.73. The fourth-order valence-electron chi connectivity index (χ4n) is 1.86. The SMILES string of the molecule is CCOc1ccc(NC(C)C(OC)OC)c([N+](=O)[O-])c1. The first kappa shape index (κ1) is 16.2. The van der Waals surface area contributed by atoms with Crippen LogP contribution < -0.4 is 10.1 Å². The van der Waals surface area contributed by atoms with Crippen LogP contribution in [0.4, 0.5) is 11.4 Å². The molecule has 1 N–H and O–H groups in total. The van der Waals surface area contributed by atoms with Gasteiger partial charge in [-0.2, -0.15) is 0 Å². The van der Waals surface area contributed by atoms with Crippen LogP contribution in [0.1, 0.15) is 13.8 Å². The van der Waals surface area contributed by atoms with E-state index in [1.165, 1.54) is 20.3 Å². The first-order chi connectivity index (χ1) is 9.53. The van der Waals surface area contributed by atoms with Gasteiger partial charge in [0.1, 0.15) is 11.4 Å². The van der Waals surface area contributed by atoms with E-state index in [0.717, 1.165) is 0 Å². The molecular weight excluding hydrogens is 264 g/mol. The summed E-state index contributed by atoms with van der Waals surface area (Å²) in [7, 11) is 3.03. The molecule has 1 aromatic rings. The van der Waals surface area contributed by atoms with Crippen molar-refractivity contribution >= 4 is 11.4 Å². The lowest BCUT2D eigenvalue weighted by Crippen LogP contribution is -2.33. The molecule has 0 saturated heterocycles. The summed E-state index contributed by atoms with van der Waals surface area (Å²) in [6, 6.07) is 4.44. The molecule has 20 heavy (non-hydrogen) atoms. The van der Waals surface area contributed by atoms with Crippen molar-refractivity contribution in [2.75, 3.05) is 26.1 Å². The van der Waals surface area contributed by atoms with Crippen molar-refractivity contribution in [3.05, 3.63) is 28.3 Å². The molecule has 0 saturated carbocycles. The smallest absolute Gasteiger partial charge is 0.296 e. The Balaban J connectivity index is 2.96. The van der Waals surface area contributed by atoms with Crippen LogP contribution in [0.3, 0.4) is 0 Å². The Labute approximate surface area is 118 Å². The van der Waals surface area contributed by atoms with Crippen molar-refractivity contribution in [3.8, 4) is 5.75 Å². The van der Waals surface area contributed by atoms with Gasteiger partial charge in [0.05, 0.1) is 23.6 Å². The minimum Gasteiger partial charge on any atom is -0.494 e. The van der Waals surface area contributed by atoms with Crippen molar-refractivity contribution in [2.24, 2.45) is 0 Å². The lowest BCUT2D eigenvalue weighted by atomic mass is 10.2. The number of hydrogen-bond donors (Lipinski definition) is 1. The molecule has 1 rings (SSSR count). The maximum atomic E-state index is 11.1. The van der Waals surface area contributed by atoms with Crippen molar-refractivity contribution in [3.63, 3.8) is 0 Å². The average Bonchev–Trinajstić information content (AvgIpc) is 2.42. The Morgan fingerprint density at radius 3 is 2.50 bits per heavy atom. The van der Waals surface area contributed by atoms with Crippen LogP contribution in [0.5, 0.6) is 5.75 Å². The van der Waals surface area contributed by atoms with Crippen molar-refractivity contribution < 1.29 is 19.1 Å². The number of nitro benzene ring substituents is 1. The lowest BCUT2D eigenvalue weighted by Gasteiger charge is -2.23. The van der Waals surface area contributed by atoms with Gasteiger partial charge < -0.3 is 19.5 Å². The zero-order chi connectivity index (χ0) is 15.1. The molecule has 0 aliphatic rings. The number of benzene rings is 1. The van der Waals surface area contributed by atoms with Gasteiger partial charge >= 0.3 is 0 Å². The van der Waals surface area contributed by atoms with Gasteiger partial charge in [0.25, 0.3) is 5.69 Å². The van der Waals surface area contributed by atoms with Gasteiger partial charge in [0.2, 0.25) is 0 Å². The molecule has 0 heterocycles. The first-order valence-corrected chi connectivity index (χ1v) is 6.26. The number of ether oxygens (including phenoxy) is 3. The normalized spacial score (nSPS) is 12.2. The third-order valence-corrected chi connectivity index (χ3v) is 2.73. The van der Waals surface area contributed by atoms with Crippen LogP contribution in [-0.2, 0) is 9.47 Å². The lowest BCUT2D eigenvalue weighted by molar-refractivity contribution is -0.384. The highest BCUT2D eigenvalue weighted by Crippen LogP contribution is 2.30. The van der Waals surface area contributed by atoms with Gasteiger partial charge in [0, 0.05) is 14.2 Å². The van der Waals surface area contributed by atoms with E-state index in [2.05, 4.69) is 5.32 Å². The molecule has 0 amide bonds. The molecule has 7 nitrogen and oxygen atoms in total. The Bertz CT molecular complexity index is 448. The summed E-state index contributed by atoms with van der Waals surface area (Å²) in [5, 5.41) is 14.1. The number of hydrogen-bond acceptors (Lipinski definition) is 6. The highest BCUT2D eigenvalue weighted by molar-refractivity contribution is 5.64. The predicted octanol–water partition coefficient (Wildman–Crippen LogP) is 2.41. The van der Waals surface area contributed by atoms with Gasteiger partial charge in [-0.15, -0.1) is 0 Å². The monoisotopic (exact) mass is 284 g/mol. The molecule has 0 aliphatic heterocycles. The van der Waals surface area contributed by atoms with Crippen LogP contribution >= 0.6 is 0 Å². The summed E-state index contributed by atoms with van der Waals surface area (Å²) in [5.74, 6) is 0.465. The average molecular weight is 284 g/mol. The Kier molecular flexibility index (Phi) is 6.20. The molecule has 0 aromatic heterocycles. The van der Waals surface area contributed by atoms with Gasteiger partial charge in [-0.25, -0.2) is 0 Å². The fraction of sp³-hybridized carbons (Fsp3) is 0.538. The van der Waals surface area contributed by atoms with E-state index in [9.17, 15) is 10.1 Å². The topological polar surface area (TPSA) is 82.9 Å². The van der Waals surface area contributed by atoms with E-state index in [0.29, 0.717) is 18.0 Å². The first-order valence-electron chi connectivity index (χ1n) is 6.26. The molecule has 1 atom stereocenters. The zero-order valence-electron chi connectivity index (χ0n) is 12.1. The Morgan fingerprint density at radius 2 is 2.00 bits per heavy atom. The number of methoxy groups -OCH3 is 2. The minimum absolute atomic E-state index is 0.0474. The quantitative estimate of drug-likeness (QED) is 0.448. The van der Waals surface area contributed by atoms with Crippen molar-refractivity contribution in [1.29, 1.82) is 0 Å². The van der Waals surface area contributed by atoms with Crippen LogP contribution in [0.25, 0.3) is 0 Å². The van der Waals surface area contributed by atoms with E-state index in [1.807, 2.05) is 13.8 Å². The number of nitrogens with zero attached hydrogens (tertiary/aromatic N) is 1. The van der Waals surface area contributed by atoms with E-state index < -0.39 is 11.2 Å². The van der Waals surface area contributed by atoms with E-state index >= 15 is 0 Å². The van der Waals surface area contributed by atoms with Crippen molar-refractivity contribution in [1.82, 2.24) is 0 Å². The summed E-state index contributed by atoms with van der Waals surface area (Å²) in [5.41, 5.74) is 0.346. The molecular formula is C13H20N2O5. The third kappa shape index (κ3) is 4.07. The highest BCUT2D eigenvalue weighted by atomic mass is 16.7. The number of nitrogens with one attached hydrogen (secondary N) is 1. The maximum absolute atomic E-state index is 11.1. The van der Waals surface area contributed by atoms with Gasteiger partial charge in [0.15, 0.2) is 6.29 Å².